The molecule has 0 unspecified atom stereocenters. The summed E-state index contributed by atoms with van der Waals surface area (Å²) in [5, 5.41) is 0.417. The number of ketones is 2. The van der Waals surface area contributed by atoms with Gasteiger partial charge in [-0.05, 0) is 91.6 Å². The van der Waals surface area contributed by atoms with Crippen molar-refractivity contribution in [2.45, 2.75) is 149 Å². The molecule has 0 aromatic rings. The number of hydrogen-bond donors (Lipinski definition) is 0. The minimum atomic E-state index is -0.429. The van der Waals surface area contributed by atoms with Crippen LogP contribution in [0, 0.1) is 40.9 Å². The van der Waals surface area contributed by atoms with E-state index in [1.165, 1.54) is 76.2 Å². The summed E-state index contributed by atoms with van der Waals surface area (Å²) in [7, 11) is -0.429. The molecule has 6 atom stereocenters. The number of rotatable bonds is 15. The second-order valence-electron chi connectivity index (χ2n) is 15.2. The Bertz CT molecular complexity index is 860. The van der Waals surface area contributed by atoms with Crippen LogP contribution in [0.4, 0.5) is 0 Å². The van der Waals surface area contributed by atoms with E-state index in [1.807, 2.05) is 6.08 Å². The van der Waals surface area contributed by atoms with Gasteiger partial charge in [0.2, 0.25) is 0 Å². The Labute approximate surface area is 243 Å². The van der Waals surface area contributed by atoms with Crippen molar-refractivity contribution in [1.29, 1.82) is 0 Å². The van der Waals surface area contributed by atoms with Crippen LogP contribution in [0.15, 0.2) is 11.6 Å². The van der Waals surface area contributed by atoms with Crippen LogP contribution in [0.25, 0.3) is 0 Å². The highest BCUT2D eigenvalue weighted by atomic mass is 28.2. The van der Waals surface area contributed by atoms with Gasteiger partial charge in [-0.25, -0.2) is 0 Å². The summed E-state index contributed by atoms with van der Waals surface area (Å²) in [6.45, 7) is 12.6. The van der Waals surface area contributed by atoms with Crippen LogP contribution in [-0.2, 0) is 14.0 Å². The van der Waals surface area contributed by atoms with Crippen molar-refractivity contribution in [2.75, 3.05) is 6.61 Å². The summed E-state index contributed by atoms with van der Waals surface area (Å²) in [5.41, 5.74) is 1.44. The van der Waals surface area contributed by atoms with E-state index in [0.29, 0.717) is 40.3 Å². The topological polar surface area (TPSA) is 43.4 Å². The third-order valence-electron chi connectivity index (χ3n) is 12.1. The summed E-state index contributed by atoms with van der Waals surface area (Å²) in [6, 6.07) is 0. The molecular weight excluding hydrogens is 496 g/mol. The molecule has 4 aliphatic rings. The molecule has 4 rings (SSSR count). The summed E-state index contributed by atoms with van der Waals surface area (Å²) in [4.78, 5) is 25.2. The van der Waals surface area contributed by atoms with Gasteiger partial charge in [-0.1, -0.05) is 91.6 Å². The number of fused-ring (bicyclic) bond motifs is 5. The van der Waals surface area contributed by atoms with E-state index < -0.39 is 9.76 Å². The Hall–Kier alpha value is -0.743. The first-order valence-electron chi connectivity index (χ1n) is 17.0. The van der Waals surface area contributed by atoms with Crippen LogP contribution in [0.1, 0.15) is 144 Å². The number of carbonyl (C=O) groups is 2. The van der Waals surface area contributed by atoms with E-state index in [1.54, 1.807) is 0 Å². The maximum atomic E-state index is 12.9. The molecule has 3 saturated carbocycles. The quantitative estimate of drug-likeness (QED) is 0.149. The molecule has 3 fully saturated rings. The fraction of sp³-hybridized carbons (Fsp3) is 0.886. The van der Waals surface area contributed by atoms with E-state index in [-0.39, 0.29) is 5.41 Å². The molecular formula is C35H60O3Si. The molecule has 0 aromatic carbocycles. The Morgan fingerprint density at radius 3 is 2.31 bits per heavy atom. The van der Waals surface area contributed by atoms with Crippen molar-refractivity contribution in [2.24, 2.45) is 40.9 Å². The summed E-state index contributed by atoms with van der Waals surface area (Å²) >= 11 is 0. The number of allylic oxidation sites excluding steroid dienone is 1. The van der Waals surface area contributed by atoms with Gasteiger partial charge in [0.05, 0.1) is 0 Å². The lowest BCUT2D eigenvalue weighted by atomic mass is 9.49. The lowest BCUT2D eigenvalue weighted by Crippen LogP contribution is -2.50. The Morgan fingerprint density at radius 1 is 0.949 bits per heavy atom. The van der Waals surface area contributed by atoms with Gasteiger partial charge in [0, 0.05) is 24.9 Å². The Kier molecular flexibility index (Phi) is 11.2. The largest absolute Gasteiger partial charge is 0.423 e. The van der Waals surface area contributed by atoms with Crippen LogP contribution in [-0.4, -0.2) is 27.9 Å². The highest BCUT2D eigenvalue weighted by molar-refractivity contribution is 6.32. The number of Topliss-reactive ketones (excluding diaryl/α,β-unsaturated/α-hetero) is 1. The summed E-state index contributed by atoms with van der Waals surface area (Å²) in [5.74, 6) is 4.99. The zero-order chi connectivity index (χ0) is 28.0. The number of unbranched alkanes of at least 4 members (excludes halogenated alkanes) is 8. The first-order valence-corrected chi connectivity index (χ1v) is 18.3. The molecule has 39 heavy (non-hydrogen) atoms. The normalized spacial score (nSPS) is 33.0. The average molecular weight is 557 g/mol. The Morgan fingerprint density at radius 2 is 1.62 bits per heavy atom. The van der Waals surface area contributed by atoms with Gasteiger partial charge in [0.15, 0.2) is 15.5 Å². The van der Waals surface area contributed by atoms with Crippen LogP contribution in [0.2, 0.25) is 5.04 Å². The second-order valence-corrected chi connectivity index (χ2v) is 17.7. The van der Waals surface area contributed by atoms with Gasteiger partial charge in [-0.3, -0.25) is 9.59 Å². The van der Waals surface area contributed by atoms with Crippen molar-refractivity contribution in [1.82, 2.24) is 0 Å². The van der Waals surface area contributed by atoms with E-state index in [2.05, 4.69) is 34.6 Å². The predicted octanol–water partition coefficient (Wildman–Crippen LogP) is 8.78. The van der Waals surface area contributed by atoms with E-state index in [0.717, 1.165) is 57.0 Å². The lowest BCUT2D eigenvalue weighted by molar-refractivity contribution is -0.132. The minimum Gasteiger partial charge on any atom is -0.423 e. The van der Waals surface area contributed by atoms with Crippen LogP contribution < -0.4 is 0 Å². The molecule has 0 aliphatic heterocycles. The van der Waals surface area contributed by atoms with E-state index >= 15 is 0 Å². The lowest BCUT2D eigenvalue weighted by Gasteiger charge is -2.55. The molecule has 4 aliphatic carbocycles. The number of carbonyl (C=O) groups excluding carboxylic acids is 2. The molecule has 3 nitrogen and oxygen atoms in total. The molecule has 0 aromatic heterocycles. The average Bonchev–Trinajstić information content (AvgIpc) is 3.20. The van der Waals surface area contributed by atoms with Crippen molar-refractivity contribution in [3.8, 4) is 0 Å². The van der Waals surface area contributed by atoms with Gasteiger partial charge in [0.25, 0.3) is 0 Å². The predicted molar refractivity (Wildman–Crippen MR) is 166 cm³/mol. The fourth-order valence-electron chi connectivity index (χ4n) is 8.80. The molecule has 0 saturated heterocycles. The molecule has 0 bridgehead atoms. The third-order valence-corrected chi connectivity index (χ3v) is 14.1. The van der Waals surface area contributed by atoms with Gasteiger partial charge < -0.3 is 4.43 Å². The summed E-state index contributed by atoms with van der Waals surface area (Å²) < 4.78 is 6.09. The van der Waals surface area contributed by atoms with Gasteiger partial charge in [-0.15, -0.1) is 0 Å². The smallest absolute Gasteiger partial charge is 0.167 e. The SMILES string of the molecule is CC(C)C(C)(C)[SiH2]OCCCCCCCCCCC[C@@H]1CC2=CC(=O)CC[C@@H]2[C@H]2CC[C@]3(C)C(=O)CC[C@H]3[C@H]12. The highest BCUT2D eigenvalue weighted by Crippen LogP contribution is 2.62. The van der Waals surface area contributed by atoms with Crippen molar-refractivity contribution in [3.05, 3.63) is 11.6 Å². The van der Waals surface area contributed by atoms with Crippen molar-refractivity contribution in [3.63, 3.8) is 0 Å². The van der Waals surface area contributed by atoms with Crippen molar-refractivity contribution >= 4 is 21.3 Å². The molecule has 0 radical (unpaired) electrons. The van der Waals surface area contributed by atoms with Gasteiger partial charge >= 0.3 is 0 Å². The van der Waals surface area contributed by atoms with E-state index in [9.17, 15) is 9.59 Å². The molecule has 0 amide bonds. The molecule has 0 heterocycles. The zero-order valence-corrected chi connectivity index (χ0v) is 27.6. The minimum absolute atomic E-state index is 0.0517. The Balaban J connectivity index is 1.13. The first kappa shape index (κ1) is 31.2. The molecule has 0 spiro atoms. The standard InChI is InChI=1S/C35H60O3Si/c1-25(2)34(3,4)39-38-22-14-12-10-8-6-7-9-11-13-15-26-23-27-24-28(36)16-17-29(27)30-20-21-35(5)31(33(26)30)18-19-32(35)37/h24-26,29-31,33H,6-23,39H2,1-5H3/t26-,29+,30-,31+,33-,35+/m1/s1. The maximum Gasteiger partial charge on any atom is 0.167 e. The number of hydrogen-bond acceptors (Lipinski definition) is 3. The maximum absolute atomic E-state index is 12.9. The molecule has 4 heteroatoms. The summed E-state index contributed by atoms with van der Waals surface area (Å²) in [6.07, 6.45) is 22.6. The third kappa shape index (κ3) is 7.56. The van der Waals surface area contributed by atoms with Gasteiger partial charge in [0.1, 0.15) is 5.78 Å². The van der Waals surface area contributed by atoms with Crippen LogP contribution in [0.3, 0.4) is 0 Å². The van der Waals surface area contributed by atoms with Gasteiger partial charge in [-0.2, -0.15) is 0 Å². The fourth-order valence-corrected chi connectivity index (χ4v) is 10.0. The van der Waals surface area contributed by atoms with E-state index in [4.69, 9.17) is 4.43 Å². The van der Waals surface area contributed by atoms with Crippen LogP contribution >= 0.6 is 0 Å². The monoisotopic (exact) mass is 556 g/mol. The highest BCUT2D eigenvalue weighted by Gasteiger charge is 2.58. The zero-order valence-electron chi connectivity index (χ0n) is 26.2. The molecule has 222 valence electrons. The first-order chi connectivity index (χ1) is 18.6. The van der Waals surface area contributed by atoms with Crippen molar-refractivity contribution < 1.29 is 14.0 Å². The second kappa shape index (κ2) is 13.9. The van der Waals surface area contributed by atoms with Crippen LogP contribution in [0.5, 0.6) is 0 Å². The molecule has 0 N–H and O–H groups in total.